The van der Waals surface area contributed by atoms with Gasteiger partial charge in [-0.25, -0.2) is 9.37 Å². The summed E-state index contributed by atoms with van der Waals surface area (Å²) in [6, 6.07) is 7.77. The van der Waals surface area contributed by atoms with Crippen LogP contribution in [0.4, 0.5) is 10.1 Å². The molecule has 0 aliphatic heterocycles. The van der Waals surface area contributed by atoms with Crippen molar-refractivity contribution >= 4 is 5.69 Å². The van der Waals surface area contributed by atoms with Gasteiger partial charge in [-0.15, -0.1) is 0 Å². The number of rotatable bonds is 2. The molecular weight excluding hydrogens is 269 g/mol. The Morgan fingerprint density at radius 2 is 2.05 bits per heavy atom. The zero-order valence-electron chi connectivity index (χ0n) is 11.4. The summed E-state index contributed by atoms with van der Waals surface area (Å²) in [5, 5.41) is 9.25. The molecule has 3 rings (SSSR count). The molecule has 5 heteroatoms. The Labute approximate surface area is 122 Å². The van der Waals surface area contributed by atoms with E-state index in [1.54, 1.807) is 0 Å². The van der Waals surface area contributed by atoms with Gasteiger partial charge < -0.3 is 10.5 Å². The first-order chi connectivity index (χ1) is 10.2. The van der Waals surface area contributed by atoms with Crippen molar-refractivity contribution in [2.24, 2.45) is 0 Å². The van der Waals surface area contributed by atoms with Crippen LogP contribution < -0.4 is 10.5 Å². The molecule has 0 amide bonds. The third-order valence-corrected chi connectivity index (χ3v) is 3.57. The highest BCUT2D eigenvalue weighted by atomic mass is 19.1. The Morgan fingerprint density at radius 1 is 1.24 bits per heavy atom. The number of pyridine rings is 1. The van der Waals surface area contributed by atoms with Gasteiger partial charge in [-0.05, 0) is 49.4 Å². The Kier molecular flexibility index (Phi) is 3.44. The van der Waals surface area contributed by atoms with Crippen molar-refractivity contribution in [3.8, 4) is 17.7 Å². The molecule has 1 aromatic heterocycles. The molecule has 2 aromatic rings. The quantitative estimate of drug-likeness (QED) is 0.858. The van der Waals surface area contributed by atoms with Crippen molar-refractivity contribution in [2.75, 3.05) is 5.73 Å². The molecule has 0 fully saturated rings. The van der Waals surface area contributed by atoms with Crippen molar-refractivity contribution < 1.29 is 9.13 Å². The van der Waals surface area contributed by atoms with Gasteiger partial charge >= 0.3 is 0 Å². The fourth-order valence-electron chi connectivity index (χ4n) is 2.47. The molecule has 0 saturated heterocycles. The van der Waals surface area contributed by atoms with Crippen LogP contribution in [0, 0.1) is 17.1 Å². The number of benzene rings is 1. The molecule has 1 heterocycles. The van der Waals surface area contributed by atoms with Crippen LogP contribution in [0.2, 0.25) is 0 Å². The molecule has 1 aromatic carbocycles. The Morgan fingerprint density at radius 3 is 2.86 bits per heavy atom. The van der Waals surface area contributed by atoms with E-state index < -0.39 is 5.82 Å². The number of hydrogen-bond donors (Lipinski definition) is 1. The summed E-state index contributed by atoms with van der Waals surface area (Å²) in [6.45, 7) is 0. The minimum Gasteiger partial charge on any atom is -0.435 e. The molecule has 1 aliphatic rings. The normalized spacial score (nSPS) is 13.3. The number of aryl methyl sites for hydroxylation is 2. The lowest BCUT2D eigenvalue weighted by molar-refractivity contribution is 0.454. The number of hydrogen-bond acceptors (Lipinski definition) is 4. The summed E-state index contributed by atoms with van der Waals surface area (Å²) in [4.78, 5) is 4.43. The topological polar surface area (TPSA) is 71.9 Å². The molecule has 0 saturated carbocycles. The smallest absolute Gasteiger partial charge is 0.237 e. The van der Waals surface area contributed by atoms with E-state index in [1.165, 1.54) is 18.2 Å². The van der Waals surface area contributed by atoms with Gasteiger partial charge in [0.2, 0.25) is 5.88 Å². The van der Waals surface area contributed by atoms with Crippen LogP contribution in [0.3, 0.4) is 0 Å². The molecule has 0 radical (unpaired) electrons. The SMILES string of the molecule is N#Cc1cc2c(nc1Oc1cc(F)ccc1N)CCCC2. The average molecular weight is 283 g/mol. The number of halogens is 1. The van der Waals surface area contributed by atoms with E-state index >= 15 is 0 Å². The number of nitrogen functional groups attached to an aromatic ring is 1. The Bertz CT molecular complexity index is 737. The largest absolute Gasteiger partial charge is 0.435 e. The van der Waals surface area contributed by atoms with Gasteiger partial charge in [0.25, 0.3) is 0 Å². The summed E-state index contributed by atoms with van der Waals surface area (Å²) in [7, 11) is 0. The molecule has 106 valence electrons. The average Bonchev–Trinajstić information content (AvgIpc) is 2.50. The van der Waals surface area contributed by atoms with E-state index in [0.29, 0.717) is 11.3 Å². The number of nitrogens with two attached hydrogens (primary N) is 1. The highest BCUT2D eigenvalue weighted by Gasteiger charge is 2.17. The van der Waals surface area contributed by atoms with Gasteiger partial charge in [0.15, 0.2) is 5.75 Å². The first-order valence-electron chi connectivity index (χ1n) is 6.83. The van der Waals surface area contributed by atoms with Crippen LogP contribution in [-0.2, 0) is 12.8 Å². The van der Waals surface area contributed by atoms with Crippen molar-refractivity contribution in [3.05, 3.63) is 46.9 Å². The van der Waals surface area contributed by atoms with Crippen molar-refractivity contribution in [2.45, 2.75) is 25.7 Å². The maximum Gasteiger partial charge on any atom is 0.237 e. The molecule has 1 aliphatic carbocycles. The van der Waals surface area contributed by atoms with E-state index in [1.807, 2.05) is 6.07 Å². The summed E-state index contributed by atoms with van der Waals surface area (Å²) < 4.78 is 18.9. The Hall–Kier alpha value is -2.61. The standard InChI is InChI=1S/C16H14FN3O/c17-12-5-6-13(19)15(8-12)21-16-11(9-18)7-10-3-1-2-4-14(10)20-16/h5-8H,1-4,19H2. The first kappa shape index (κ1) is 13.4. The number of fused-ring (bicyclic) bond motifs is 1. The van der Waals surface area contributed by atoms with Gasteiger partial charge in [-0.3, -0.25) is 0 Å². The first-order valence-corrected chi connectivity index (χ1v) is 6.83. The summed E-state index contributed by atoms with van der Waals surface area (Å²) in [5.41, 5.74) is 8.46. The van der Waals surface area contributed by atoms with Crippen LogP contribution in [0.1, 0.15) is 29.7 Å². The maximum absolute atomic E-state index is 13.3. The third kappa shape index (κ3) is 2.65. The van der Waals surface area contributed by atoms with E-state index in [9.17, 15) is 9.65 Å². The zero-order valence-corrected chi connectivity index (χ0v) is 11.4. The van der Waals surface area contributed by atoms with Crippen molar-refractivity contribution in [3.63, 3.8) is 0 Å². The number of ether oxygens (including phenoxy) is 1. The second kappa shape index (κ2) is 5.41. The maximum atomic E-state index is 13.3. The predicted octanol–water partition coefficient (Wildman–Crippen LogP) is 3.35. The van der Waals surface area contributed by atoms with Crippen LogP contribution >= 0.6 is 0 Å². The van der Waals surface area contributed by atoms with Crippen LogP contribution in [0.5, 0.6) is 11.6 Å². The molecule has 21 heavy (non-hydrogen) atoms. The lowest BCUT2D eigenvalue weighted by Crippen LogP contribution is -2.07. The van der Waals surface area contributed by atoms with Gasteiger partial charge in [0, 0.05) is 11.8 Å². The molecule has 4 nitrogen and oxygen atoms in total. The van der Waals surface area contributed by atoms with E-state index in [0.717, 1.165) is 36.9 Å². The monoisotopic (exact) mass is 283 g/mol. The summed E-state index contributed by atoms with van der Waals surface area (Å²) in [6.07, 6.45) is 3.99. The van der Waals surface area contributed by atoms with E-state index in [4.69, 9.17) is 10.5 Å². The molecule has 0 spiro atoms. The highest BCUT2D eigenvalue weighted by molar-refractivity contribution is 5.55. The third-order valence-electron chi connectivity index (χ3n) is 3.57. The van der Waals surface area contributed by atoms with Crippen LogP contribution in [-0.4, -0.2) is 4.98 Å². The predicted molar refractivity (Wildman–Crippen MR) is 76.5 cm³/mol. The number of anilines is 1. The lowest BCUT2D eigenvalue weighted by atomic mass is 9.95. The zero-order chi connectivity index (χ0) is 14.8. The number of nitrogens with zero attached hydrogens (tertiary/aromatic N) is 2. The number of aromatic nitrogens is 1. The molecule has 0 atom stereocenters. The van der Waals surface area contributed by atoms with Crippen LogP contribution in [0.15, 0.2) is 24.3 Å². The fourth-order valence-corrected chi connectivity index (χ4v) is 2.47. The molecular formula is C16H14FN3O. The molecule has 0 unspecified atom stereocenters. The summed E-state index contributed by atoms with van der Waals surface area (Å²) in [5.74, 6) is -0.0825. The van der Waals surface area contributed by atoms with E-state index in [-0.39, 0.29) is 11.6 Å². The van der Waals surface area contributed by atoms with Gasteiger partial charge in [-0.1, -0.05) is 0 Å². The minimum atomic E-state index is -0.448. The van der Waals surface area contributed by atoms with Gasteiger partial charge in [-0.2, -0.15) is 5.26 Å². The van der Waals surface area contributed by atoms with Gasteiger partial charge in [0.1, 0.15) is 17.4 Å². The highest BCUT2D eigenvalue weighted by Crippen LogP contribution is 2.31. The van der Waals surface area contributed by atoms with Crippen molar-refractivity contribution in [1.82, 2.24) is 4.98 Å². The minimum absolute atomic E-state index is 0.176. The van der Waals surface area contributed by atoms with Gasteiger partial charge in [0.05, 0.1) is 5.69 Å². The second-order valence-electron chi connectivity index (χ2n) is 5.05. The summed E-state index contributed by atoms with van der Waals surface area (Å²) >= 11 is 0. The van der Waals surface area contributed by atoms with Crippen molar-refractivity contribution in [1.29, 1.82) is 5.26 Å². The number of nitriles is 1. The lowest BCUT2D eigenvalue weighted by Gasteiger charge is -2.17. The Balaban J connectivity index is 2.02. The van der Waals surface area contributed by atoms with Crippen LogP contribution in [0.25, 0.3) is 0 Å². The van der Waals surface area contributed by atoms with E-state index in [2.05, 4.69) is 11.1 Å². The fraction of sp³-hybridized carbons (Fsp3) is 0.250. The molecule has 0 bridgehead atoms. The second-order valence-corrected chi connectivity index (χ2v) is 5.05. The molecule has 2 N–H and O–H groups in total.